The van der Waals surface area contributed by atoms with E-state index in [1.165, 1.54) is 5.56 Å². The Morgan fingerprint density at radius 2 is 1.77 bits per heavy atom. The van der Waals surface area contributed by atoms with E-state index in [2.05, 4.69) is 63.7 Å². The Hall–Kier alpha value is -2.99. The van der Waals surface area contributed by atoms with Crippen molar-refractivity contribution < 1.29 is 0 Å². The highest BCUT2D eigenvalue weighted by atomic mass is 32.1. The van der Waals surface area contributed by atoms with Gasteiger partial charge in [-0.15, -0.1) is 10.2 Å². The number of nitrogens with one attached hydrogen (secondary N) is 1. The summed E-state index contributed by atoms with van der Waals surface area (Å²) in [6, 6.07) is 20.9. The lowest BCUT2D eigenvalue weighted by atomic mass is 10.1. The molecule has 0 unspecified atom stereocenters. The average molecular weight is 359 g/mol. The van der Waals surface area contributed by atoms with E-state index < -0.39 is 0 Å². The number of aryl methyl sites for hydroxylation is 2. The smallest absolute Gasteiger partial charge is 0.235 e. The van der Waals surface area contributed by atoms with Crippen LogP contribution in [-0.2, 0) is 12.8 Å². The number of nitrogens with zero attached hydrogens (tertiary/aromatic N) is 4. The first-order chi connectivity index (χ1) is 12.9. The first-order valence-electron chi connectivity index (χ1n) is 8.70. The van der Waals surface area contributed by atoms with Crippen molar-refractivity contribution >= 4 is 27.2 Å². The summed E-state index contributed by atoms with van der Waals surface area (Å²) in [6.07, 6.45) is 3.10. The molecule has 0 bridgehead atoms. The molecule has 5 aromatic rings. The maximum atomic E-state index is 4.74. The van der Waals surface area contributed by atoms with Gasteiger partial charge in [-0.05, 0) is 30.5 Å². The zero-order valence-electron chi connectivity index (χ0n) is 14.1. The number of fused-ring (bicyclic) bond motifs is 2. The number of aromatic amines is 1. The SMILES string of the molecule is c1ccc(CCCc2nn3c(-c4cc5ccccc5[nH]4)nnc3s2)cc1. The molecule has 1 N–H and O–H groups in total. The Balaban J connectivity index is 1.38. The number of H-pyrrole nitrogens is 1. The van der Waals surface area contributed by atoms with Gasteiger partial charge in [0.25, 0.3) is 0 Å². The monoisotopic (exact) mass is 359 g/mol. The Morgan fingerprint density at radius 1 is 0.923 bits per heavy atom. The van der Waals surface area contributed by atoms with Crippen molar-refractivity contribution in [3.8, 4) is 11.5 Å². The van der Waals surface area contributed by atoms with Crippen LogP contribution in [0.2, 0.25) is 0 Å². The van der Waals surface area contributed by atoms with E-state index in [-0.39, 0.29) is 0 Å². The summed E-state index contributed by atoms with van der Waals surface area (Å²) in [7, 11) is 0. The Kier molecular flexibility index (Phi) is 3.75. The molecule has 0 atom stereocenters. The quantitative estimate of drug-likeness (QED) is 0.502. The van der Waals surface area contributed by atoms with Crippen molar-refractivity contribution in [1.29, 1.82) is 0 Å². The minimum Gasteiger partial charge on any atom is -0.352 e. The molecule has 3 heterocycles. The third-order valence-corrected chi connectivity index (χ3v) is 5.46. The van der Waals surface area contributed by atoms with Gasteiger partial charge in [-0.2, -0.15) is 9.61 Å². The highest BCUT2D eigenvalue weighted by Gasteiger charge is 2.15. The van der Waals surface area contributed by atoms with Crippen molar-refractivity contribution in [1.82, 2.24) is 24.8 Å². The molecule has 0 saturated carbocycles. The molecule has 0 amide bonds. The molecule has 128 valence electrons. The van der Waals surface area contributed by atoms with Crippen LogP contribution in [0.25, 0.3) is 27.4 Å². The number of hydrogen-bond donors (Lipinski definition) is 1. The molecule has 0 spiro atoms. The largest absolute Gasteiger partial charge is 0.352 e. The number of benzene rings is 2. The first-order valence-corrected chi connectivity index (χ1v) is 9.52. The summed E-state index contributed by atoms with van der Waals surface area (Å²) in [4.78, 5) is 4.25. The first kappa shape index (κ1) is 15.3. The van der Waals surface area contributed by atoms with Crippen molar-refractivity contribution in [2.45, 2.75) is 19.3 Å². The molecule has 26 heavy (non-hydrogen) atoms. The highest BCUT2D eigenvalue weighted by Crippen LogP contribution is 2.25. The van der Waals surface area contributed by atoms with E-state index in [0.29, 0.717) is 0 Å². The molecule has 5 nitrogen and oxygen atoms in total. The molecule has 3 aromatic heterocycles. The molecule has 0 fully saturated rings. The Morgan fingerprint density at radius 3 is 2.65 bits per heavy atom. The zero-order chi connectivity index (χ0) is 17.3. The molecule has 6 heteroatoms. The molecule has 0 aliphatic heterocycles. The standard InChI is InChI=1S/C20H17N5S/c1-2-7-14(8-3-1)9-6-12-18-24-25-19(22-23-20(25)26-18)17-13-15-10-4-5-11-16(15)21-17/h1-5,7-8,10-11,13,21H,6,9,12H2. The van der Waals surface area contributed by atoms with Crippen LogP contribution in [0.15, 0.2) is 60.7 Å². The molecular formula is C20H17N5S. The van der Waals surface area contributed by atoms with Crippen LogP contribution in [0, 0.1) is 0 Å². The predicted molar refractivity (Wildman–Crippen MR) is 104 cm³/mol. The molecule has 0 saturated heterocycles. The minimum atomic E-state index is 0.766. The van der Waals surface area contributed by atoms with Gasteiger partial charge < -0.3 is 4.98 Å². The van der Waals surface area contributed by atoms with Gasteiger partial charge in [0, 0.05) is 17.3 Å². The Labute approximate surface area is 154 Å². The van der Waals surface area contributed by atoms with Gasteiger partial charge in [0.05, 0.1) is 5.69 Å². The fourth-order valence-electron chi connectivity index (χ4n) is 3.21. The summed E-state index contributed by atoms with van der Waals surface area (Å²) < 4.78 is 1.85. The summed E-state index contributed by atoms with van der Waals surface area (Å²) in [5.41, 5.74) is 3.41. The fourth-order valence-corrected chi connectivity index (χ4v) is 4.08. The fraction of sp³-hybridized carbons (Fsp3) is 0.150. The van der Waals surface area contributed by atoms with E-state index in [9.17, 15) is 0 Å². The van der Waals surface area contributed by atoms with E-state index in [1.807, 2.05) is 16.6 Å². The average Bonchev–Trinajstić information content (AvgIpc) is 3.35. The van der Waals surface area contributed by atoms with Gasteiger partial charge in [0.1, 0.15) is 5.01 Å². The van der Waals surface area contributed by atoms with E-state index in [0.717, 1.165) is 51.7 Å². The maximum Gasteiger partial charge on any atom is 0.235 e. The summed E-state index contributed by atoms with van der Waals surface area (Å²) in [5, 5.41) is 15.6. The van der Waals surface area contributed by atoms with Crippen molar-refractivity contribution in [3.63, 3.8) is 0 Å². The third-order valence-electron chi connectivity index (χ3n) is 4.50. The summed E-state index contributed by atoms with van der Waals surface area (Å²) >= 11 is 1.62. The molecule has 2 aromatic carbocycles. The number of aromatic nitrogens is 5. The summed E-state index contributed by atoms with van der Waals surface area (Å²) in [5.74, 6) is 0.766. The predicted octanol–water partition coefficient (Wildman–Crippen LogP) is 4.51. The van der Waals surface area contributed by atoms with E-state index >= 15 is 0 Å². The maximum absolute atomic E-state index is 4.74. The normalized spacial score (nSPS) is 11.5. The second kappa shape index (κ2) is 6.38. The van der Waals surface area contributed by atoms with Gasteiger partial charge in [0.2, 0.25) is 10.8 Å². The zero-order valence-corrected chi connectivity index (χ0v) is 14.9. The van der Waals surface area contributed by atoms with E-state index in [1.54, 1.807) is 11.3 Å². The van der Waals surface area contributed by atoms with Crippen molar-refractivity contribution in [3.05, 3.63) is 71.2 Å². The molecule has 0 aliphatic rings. The molecular weight excluding hydrogens is 342 g/mol. The van der Waals surface area contributed by atoms with Crippen LogP contribution in [-0.4, -0.2) is 24.8 Å². The van der Waals surface area contributed by atoms with Crippen LogP contribution in [0.3, 0.4) is 0 Å². The van der Waals surface area contributed by atoms with Crippen LogP contribution in [0.1, 0.15) is 17.0 Å². The van der Waals surface area contributed by atoms with Gasteiger partial charge in [0.15, 0.2) is 0 Å². The van der Waals surface area contributed by atoms with Crippen molar-refractivity contribution in [2.75, 3.05) is 0 Å². The topological polar surface area (TPSA) is 58.9 Å². The molecule has 5 rings (SSSR count). The second-order valence-corrected chi connectivity index (χ2v) is 7.36. The second-order valence-electron chi connectivity index (χ2n) is 6.32. The number of hydrogen-bond acceptors (Lipinski definition) is 4. The van der Waals surface area contributed by atoms with Crippen LogP contribution >= 0.6 is 11.3 Å². The molecule has 0 aliphatic carbocycles. The van der Waals surface area contributed by atoms with Crippen LogP contribution in [0.5, 0.6) is 0 Å². The lowest BCUT2D eigenvalue weighted by Crippen LogP contribution is -1.94. The molecule has 0 radical (unpaired) electrons. The number of para-hydroxylation sites is 1. The van der Waals surface area contributed by atoms with Crippen LogP contribution < -0.4 is 0 Å². The number of rotatable bonds is 5. The lowest BCUT2D eigenvalue weighted by Gasteiger charge is -1.98. The van der Waals surface area contributed by atoms with E-state index in [4.69, 9.17) is 5.10 Å². The van der Waals surface area contributed by atoms with Gasteiger partial charge >= 0.3 is 0 Å². The Bertz CT molecular complexity index is 1140. The minimum absolute atomic E-state index is 0.766. The van der Waals surface area contributed by atoms with Gasteiger partial charge in [-0.25, -0.2) is 0 Å². The van der Waals surface area contributed by atoms with Gasteiger partial charge in [-0.1, -0.05) is 59.9 Å². The lowest BCUT2D eigenvalue weighted by molar-refractivity contribution is 0.789. The summed E-state index contributed by atoms with van der Waals surface area (Å²) in [6.45, 7) is 0. The van der Waals surface area contributed by atoms with Crippen LogP contribution in [0.4, 0.5) is 0 Å². The highest BCUT2D eigenvalue weighted by molar-refractivity contribution is 7.16. The van der Waals surface area contributed by atoms with Gasteiger partial charge in [-0.3, -0.25) is 0 Å². The third kappa shape index (κ3) is 2.78. The van der Waals surface area contributed by atoms with Crippen molar-refractivity contribution in [2.24, 2.45) is 0 Å².